The molecular weight excluding hydrogens is 314 g/mol. The number of carbonyl (C=O) groups excluding carboxylic acids is 2. The second-order valence-corrected chi connectivity index (χ2v) is 7.48. The molecule has 0 saturated heterocycles. The van der Waals surface area contributed by atoms with Gasteiger partial charge < -0.3 is 10.1 Å². The molecule has 1 N–H and O–H groups in total. The van der Waals surface area contributed by atoms with Crippen LogP contribution in [0.1, 0.15) is 44.0 Å². The van der Waals surface area contributed by atoms with Gasteiger partial charge in [-0.05, 0) is 50.8 Å². The minimum atomic E-state index is -0.822. The molecule has 130 valence electrons. The maximum Gasteiger partial charge on any atom is 0.408 e. The lowest BCUT2D eigenvalue weighted by Gasteiger charge is -2.23. The van der Waals surface area contributed by atoms with Crippen LogP contribution in [0.5, 0.6) is 0 Å². The Labute approximate surface area is 148 Å². The number of ether oxygens (including phenoxy) is 1. The molecule has 4 nitrogen and oxygen atoms in total. The van der Waals surface area contributed by atoms with Crippen LogP contribution < -0.4 is 5.32 Å². The molecule has 1 amide bonds. The Bertz CT molecular complexity index is 786. The van der Waals surface area contributed by atoms with Crippen molar-refractivity contribution >= 4 is 11.9 Å². The van der Waals surface area contributed by atoms with Crippen LogP contribution in [0.4, 0.5) is 4.79 Å². The summed E-state index contributed by atoms with van der Waals surface area (Å²) in [7, 11) is 0. The summed E-state index contributed by atoms with van der Waals surface area (Å²) in [5.41, 5.74) is 1.24. The van der Waals surface area contributed by atoms with Gasteiger partial charge in [-0.2, -0.15) is 0 Å². The van der Waals surface area contributed by atoms with Crippen molar-refractivity contribution in [3.63, 3.8) is 0 Å². The van der Waals surface area contributed by atoms with Crippen molar-refractivity contribution in [2.24, 2.45) is 0 Å². The number of hydrogen-bond donors (Lipinski definition) is 1. The summed E-state index contributed by atoms with van der Waals surface area (Å²) in [5.74, 6) is -0.0591. The molecule has 1 fully saturated rings. The lowest BCUT2D eigenvalue weighted by molar-refractivity contribution is 0.0482. The lowest BCUT2D eigenvalue weighted by atomic mass is 9.97. The van der Waals surface area contributed by atoms with Crippen LogP contribution in [-0.4, -0.2) is 23.0 Å². The predicted molar refractivity (Wildman–Crippen MR) is 97.5 cm³/mol. The standard InChI is InChI=1S/C21H23NO3/c1-20(2,3)25-19(24)22-21(12-13-21)18(23)17-11-7-10-16(14-17)15-8-5-4-6-9-15/h4-11,14H,12-13H2,1-3H3,(H,22,24). The van der Waals surface area contributed by atoms with Crippen molar-refractivity contribution < 1.29 is 14.3 Å². The molecule has 0 spiro atoms. The van der Waals surface area contributed by atoms with Gasteiger partial charge in [0.1, 0.15) is 11.1 Å². The van der Waals surface area contributed by atoms with Crippen LogP contribution in [0.2, 0.25) is 0 Å². The van der Waals surface area contributed by atoms with Gasteiger partial charge in [-0.1, -0.05) is 48.5 Å². The van der Waals surface area contributed by atoms with E-state index in [0.717, 1.165) is 11.1 Å². The summed E-state index contributed by atoms with van der Waals surface area (Å²) in [6.07, 6.45) is 0.735. The van der Waals surface area contributed by atoms with Crippen LogP contribution >= 0.6 is 0 Å². The van der Waals surface area contributed by atoms with E-state index in [1.54, 1.807) is 26.8 Å². The molecule has 1 aliphatic carbocycles. The van der Waals surface area contributed by atoms with E-state index in [2.05, 4.69) is 5.32 Å². The van der Waals surface area contributed by atoms with Gasteiger partial charge in [0.05, 0.1) is 0 Å². The van der Waals surface area contributed by atoms with E-state index in [1.807, 2.05) is 48.5 Å². The van der Waals surface area contributed by atoms with Gasteiger partial charge in [0.25, 0.3) is 0 Å². The summed E-state index contributed by atoms with van der Waals surface area (Å²) < 4.78 is 5.29. The van der Waals surface area contributed by atoms with E-state index in [9.17, 15) is 9.59 Å². The first kappa shape index (κ1) is 17.2. The Morgan fingerprint density at radius 1 is 0.960 bits per heavy atom. The molecule has 3 rings (SSSR count). The predicted octanol–water partition coefficient (Wildman–Crippen LogP) is 4.59. The normalized spacial score (nSPS) is 15.3. The van der Waals surface area contributed by atoms with Crippen molar-refractivity contribution in [1.82, 2.24) is 5.32 Å². The number of rotatable bonds is 4. The zero-order valence-electron chi connectivity index (χ0n) is 14.8. The van der Waals surface area contributed by atoms with E-state index >= 15 is 0 Å². The first-order valence-electron chi connectivity index (χ1n) is 8.51. The van der Waals surface area contributed by atoms with Gasteiger partial charge in [0, 0.05) is 5.56 Å². The minimum absolute atomic E-state index is 0.0591. The summed E-state index contributed by atoms with van der Waals surface area (Å²) in [5, 5.41) is 2.77. The molecule has 0 heterocycles. The number of benzene rings is 2. The molecule has 0 aliphatic heterocycles. The molecule has 0 radical (unpaired) electrons. The summed E-state index contributed by atoms with van der Waals surface area (Å²) in [4.78, 5) is 25.0. The number of hydrogen-bond acceptors (Lipinski definition) is 3. The number of amides is 1. The molecule has 1 aliphatic rings. The number of nitrogens with one attached hydrogen (secondary N) is 1. The highest BCUT2D eigenvalue weighted by Crippen LogP contribution is 2.39. The number of alkyl carbamates (subject to hydrolysis) is 1. The van der Waals surface area contributed by atoms with Crippen molar-refractivity contribution in [1.29, 1.82) is 0 Å². The molecule has 0 aromatic heterocycles. The average Bonchev–Trinajstić information content (AvgIpc) is 3.34. The van der Waals surface area contributed by atoms with Gasteiger partial charge in [0.2, 0.25) is 0 Å². The van der Waals surface area contributed by atoms with Gasteiger partial charge in [-0.15, -0.1) is 0 Å². The number of ketones is 1. The van der Waals surface area contributed by atoms with E-state index in [-0.39, 0.29) is 5.78 Å². The molecule has 0 bridgehead atoms. The third-order valence-electron chi connectivity index (χ3n) is 4.16. The molecule has 25 heavy (non-hydrogen) atoms. The third kappa shape index (κ3) is 4.08. The average molecular weight is 337 g/mol. The van der Waals surface area contributed by atoms with Gasteiger partial charge in [0.15, 0.2) is 5.78 Å². The fourth-order valence-electron chi connectivity index (χ4n) is 2.78. The van der Waals surface area contributed by atoms with Crippen molar-refractivity contribution in [2.45, 2.75) is 44.8 Å². The summed E-state index contributed by atoms with van der Waals surface area (Å²) in [6, 6.07) is 17.5. The van der Waals surface area contributed by atoms with Crippen molar-refractivity contribution in [3.8, 4) is 11.1 Å². The first-order chi connectivity index (χ1) is 11.8. The third-order valence-corrected chi connectivity index (χ3v) is 4.16. The Balaban J connectivity index is 1.78. The molecule has 2 aromatic carbocycles. The fraction of sp³-hybridized carbons (Fsp3) is 0.333. The first-order valence-corrected chi connectivity index (χ1v) is 8.51. The smallest absolute Gasteiger partial charge is 0.408 e. The van der Waals surface area contributed by atoms with Crippen LogP contribution in [0.25, 0.3) is 11.1 Å². The Morgan fingerprint density at radius 2 is 1.60 bits per heavy atom. The monoisotopic (exact) mass is 337 g/mol. The van der Waals surface area contributed by atoms with Crippen LogP contribution in [0, 0.1) is 0 Å². The highest BCUT2D eigenvalue weighted by Gasteiger charge is 2.51. The maximum absolute atomic E-state index is 12.9. The van der Waals surface area contributed by atoms with E-state index in [4.69, 9.17) is 4.74 Å². The SMILES string of the molecule is CC(C)(C)OC(=O)NC1(C(=O)c2cccc(-c3ccccc3)c2)CC1. The molecule has 0 unspecified atom stereocenters. The Morgan fingerprint density at radius 3 is 2.20 bits per heavy atom. The second-order valence-electron chi connectivity index (χ2n) is 7.48. The molecule has 4 heteroatoms. The van der Waals surface area contributed by atoms with Crippen molar-refractivity contribution in [3.05, 3.63) is 60.2 Å². The van der Waals surface area contributed by atoms with E-state index in [0.29, 0.717) is 18.4 Å². The van der Waals surface area contributed by atoms with Gasteiger partial charge in [-0.3, -0.25) is 4.79 Å². The number of Topliss-reactive ketones (excluding diaryl/α,β-unsaturated/α-hetero) is 1. The van der Waals surface area contributed by atoms with Crippen molar-refractivity contribution in [2.75, 3.05) is 0 Å². The van der Waals surface area contributed by atoms with E-state index in [1.165, 1.54) is 0 Å². The van der Waals surface area contributed by atoms with Crippen LogP contribution in [0.15, 0.2) is 54.6 Å². The zero-order chi connectivity index (χ0) is 18.1. The summed E-state index contributed by atoms with van der Waals surface area (Å²) >= 11 is 0. The molecule has 1 saturated carbocycles. The Hall–Kier alpha value is -2.62. The highest BCUT2D eigenvalue weighted by atomic mass is 16.6. The number of carbonyl (C=O) groups is 2. The topological polar surface area (TPSA) is 55.4 Å². The van der Waals surface area contributed by atoms with Crippen LogP contribution in [-0.2, 0) is 4.74 Å². The van der Waals surface area contributed by atoms with Gasteiger partial charge in [-0.25, -0.2) is 4.79 Å². The lowest BCUT2D eigenvalue weighted by Crippen LogP contribution is -2.45. The summed E-state index contributed by atoms with van der Waals surface area (Å²) in [6.45, 7) is 5.41. The quantitative estimate of drug-likeness (QED) is 0.830. The Kier molecular flexibility index (Phi) is 4.38. The zero-order valence-corrected chi connectivity index (χ0v) is 14.8. The molecular formula is C21H23NO3. The van der Waals surface area contributed by atoms with Gasteiger partial charge >= 0.3 is 6.09 Å². The maximum atomic E-state index is 12.9. The molecule has 0 atom stereocenters. The fourth-order valence-corrected chi connectivity index (χ4v) is 2.78. The largest absolute Gasteiger partial charge is 0.444 e. The second kappa shape index (κ2) is 6.36. The van der Waals surface area contributed by atoms with Crippen LogP contribution in [0.3, 0.4) is 0 Å². The van der Waals surface area contributed by atoms with E-state index < -0.39 is 17.2 Å². The highest BCUT2D eigenvalue weighted by molar-refractivity contribution is 6.07. The molecule has 2 aromatic rings. The minimum Gasteiger partial charge on any atom is -0.444 e.